The van der Waals surface area contributed by atoms with E-state index in [9.17, 15) is 0 Å². The van der Waals surface area contributed by atoms with E-state index in [1.807, 2.05) is 7.05 Å². The molecular weight excluding hydrogens is 377 g/mol. The van der Waals surface area contributed by atoms with E-state index >= 15 is 0 Å². The van der Waals surface area contributed by atoms with Crippen molar-refractivity contribution in [2.75, 3.05) is 20.2 Å². The van der Waals surface area contributed by atoms with Crippen LogP contribution in [-0.4, -0.2) is 38.3 Å². The summed E-state index contributed by atoms with van der Waals surface area (Å²) in [7, 11) is 1.87. The van der Waals surface area contributed by atoms with Crippen molar-refractivity contribution in [1.82, 2.24) is 10.6 Å². The summed E-state index contributed by atoms with van der Waals surface area (Å²) in [5.74, 6) is 2.59. The maximum Gasteiger partial charge on any atom is 0.191 e. The molecule has 3 atom stereocenters. The minimum absolute atomic E-state index is 0. The van der Waals surface area contributed by atoms with E-state index in [0.717, 1.165) is 25.0 Å². The predicted octanol–water partition coefficient (Wildman–Crippen LogP) is 2.77. The molecule has 2 aliphatic carbocycles. The van der Waals surface area contributed by atoms with Gasteiger partial charge in [-0.2, -0.15) is 0 Å². The van der Waals surface area contributed by atoms with Gasteiger partial charge in [-0.05, 0) is 25.2 Å². The van der Waals surface area contributed by atoms with Crippen molar-refractivity contribution in [2.24, 2.45) is 22.2 Å². The van der Waals surface area contributed by atoms with Crippen LogP contribution in [0.1, 0.15) is 46.0 Å². The van der Waals surface area contributed by atoms with Crippen molar-refractivity contribution in [3.63, 3.8) is 0 Å². The second-order valence-corrected chi connectivity index (χ2v) is 7.27. The third kappa shape index (κ3) is 3.66. The lowest BCUT2D eigenvalue weighted by molar-refractivity contribution is -0.188. The molecule has 3 aliphatic rings. The van der Waals surface area contributed by atoms with E-state index in [-0.39, 0.29) is 29.4 Å². The van der Waals surface area contributed by atoms with Crippen molar-refractivity contribution < 1.29 is 4.74 Å². The molecule has 122 valence electrons. The first kappa shape index (κ1) is 17.3. The number of rotatable bonds is 4. The third-order valence-electron chi connectivity index (χ3n) is 5.39. The number of ether oxygens (including phenoxy) is 1. The second-order valence-electron chi connectivity index (χ2n) is 7.27. The van der Waals surface area contributed by atoms with Gasteiger partial charge in [-0.3, -0.25) is 4.99 Å². The minimum Gasteiger partial charge on any atom is -0.377 e. The van der Waals surface area contributed by atoms with Gasteiger partial charge in [0.15, 0.2) is 5.96 Å². The van der Waals surface area contributed by atoms with Crippen molar-refractivity contribution >= 4 is 29.9 Å². The zero-order valence-electron chi connectivity index (χ0n) is 13.5. The van der Waals surface area contributed by atoms with Crippen LogP contribution in [0.15, 0.2) is 4.99 Å². The van der Waals surface area contributed by atoms with Crippen molar-refractivity contribution in [1.29, 1.82) is 0 Å². The highest BCUT2D eigenvalue weighted by molar-refractivity contribution is 14.0. The summed E-state index contributed by atoms with van der Waals surface area (Å²) in [4.78, 5) is 4.38. The summed E-state index contributed by atoms with van der Waals surface area (Å²) >= 11 is 0. The highest BCUT2D eigenvalue weighted by Crippen LogP contribution is 2.51. The normalized spacial score (nSPS) is 34.2. The molecular formula is C16H30IN3O. The number of hydrogen-bond acceptors (Lipinski definition) is 2. The van der Waals surface area contributed by atoms with Gasteiger partial charge < -0.3 is 15.4 Å². The maximum atomic E-state index is 5.96. The molecule has 0 aromatic heterocycles. The van der Waals surface area contributed by atoms with E-state index in [1.165, 1.54) is 32.1 Å². The van der Waals surface area contributed by atoms with Gasteiger partial charge in [0.05, 0.1) is 6.10 Å². The van der Waals surface area contributed by atoms with E-state index in [4.69, 9.17) is 4.74 Å². The lowest BCUT2D eigenvalue weighted by Crippen LogP contribution is -2.71. The summed E-state index contributed by atoms with van der Waals surface area (Å²) in [6.45, 7) is 6.61. The van der Waals surface area contributed by atoms with E-state index in [0.29, 0.717) is 18.1 Å². The minimum atomic E-state index is 0. The largest absolute Gasteiger partial charge is 0.377 e. The first-order valence-electron chi connectivity index (χ1n) is 8.21. The molecule has 3 unspecified atom stereocenters. The fourth-order valence-corrected chi connectivity index (χ4v) is 3.96. The predicted molar refractivity (Wildman–Crippen MR) is 97.3 cm³/mol. The molecule has 0 spiro atoms. The van der Waals surface area contributed by atoms with Crippen LogP contribution in [0, 0.1) is 17.3 Å². The molecule has 1 aliphatic heterocycles. The summed E-state index contributed by atoms with van der Waals surface area (Å²) in [5, 5.41) is 7.12. The SMILES string of the molecule is CN=C(NCCC1CC1)NC1C2CCCOC2C1(C)C.I. The van der Waals surface area contributed by atoms with E-state index in [1.54, 1.807) is 0 Å². The molecule has 0 amide bonds. The number of nitrogens with zero attached hydrogens (tertiary/aromatic N) is 1. The smallest absolute Gasteiger partial charge is 0.191 e. The monoisotopic (exact) mass is 407 g/mol. The summed E-state index contributed by atoms with van der Waals surface area (Å²) < 4.78 is 5.96. The zero-order chi connectivity index (χ0) is 14.2. The molecule has 0 bridgehead atoms. The van der Waals surface area contributed by atoms with Crippen LogP contribution in [0.5, 0.6) is 0 Å². The molecule has 1 saturated heterocycles. The van der Waals surface area contributed by atoms with Gasteiger partial charge in [0, 0.05) is 37.6 Å². The van der Waals surface area contributed by atoms with Gasteiger partial charge in [-0.15, -0.1) is 24.0 Å². The molecule has 0 aromatic rings. The Morgan fingerprint density at radius 3 is 2.71 bits per heavy atom. The molecule has 1 heterocycles. The number of fused-ring (bicyclic) bond motifs is 1. The number of nitrogens with one attached hydrogen (secondary N) is 2. The lowest BCUT2D eigenvalue weighted by Gasteiger charge is -2.60. The van der Waals surface area contributed by atoms with Gasteiger partial charge in [0.25, 0.3) is 0 Å². The van der Waals surface area contributed by atoms with Crippen molar-refractivity contribution in [3.8, 4) is 0 Å². The van der Waals surface area contributed by atoms with Gasteiger partial charge in [-0.25, -0.2) is 0 Å². The highest BCUT2D eigenvalue weighted by Gasteiger charge is 2.58. The summed E-state index contributed by atoms with van der Waals surface area (Å²) in [6.07, 6.45) is 7.03. The Bertz CT molecular complexity index is 382. The van der Waals surface area contributed by atoms with Crippen LogP contribution in [0.3, 0.4) is 0 Å². The molecule has 4 nitrogen and oxygen atoms in total. The molecule has 3 rings (SSSR count). The van der Waals surface area contributed by atoms with Crippen LogP contribution in [0.4, 0.5) is 0 Å². The first-order chi connectivity index (χ1) is 9.63. The molecule has 5 heteroatoms. The molecule has 0 radical (unpaired) electrons. The zero-order valence-corrected chi connectivity index (χ0v) is 15.9. The van der Waals surface area contributed by atoms with Crippen LogP contribution < -0.4 is 10.6 Å². The van der Waals surface area contributed by atoms with Gasteiger partial charge >= 0.3 is 0 Å². The third-order valence-corrected chi connectivity index (χ3v) is 5.39. The second kappa shape index (κ2) is 7.02. The Morgan fingerprint density at radius 1 is 1.29 bits per heavy atom. The van der Waals surface area contributed by atoms with Crippen LogP contribution >= 0.6 is 24.0 Å². The summed E-state index contributed by atoms with van der Waals surface area (Å²) in [6, 6.07) is 0.486. The Hall–Kier alpha value is -0.0400. The number of aliphatic imine (C=N–C) groups is 1. The maximum absolute atomic E-state index is 5.96. The molecule has 21 heavy (non-hydrogen) atoms. The average Bonchev–Trinajstić information content (AvgIpc) is 3.26. The lowest BCUT2D eigenvalue weighted by atomic mass is 9.55. The van der Waals surface area contributed by atoms with E-state index in [2.05, 4.69) is 29.5 Å². The van der Waals surface area contributed by atoms with Crippen LogP contribution in [0.25, 0.3) is 0 Å². The van der Waals surface area contributed by atoms with E-state index < -0.39 is 0 Å². The molecule has 2 N–H and O–H groups in total. The topological polar surface area (TPSA) is 45.7 Å². The van der Waals surface area contributed by atoms with Gasteiger partial charge in [0.2, 0.25) is 0 Å². The van der Waals surface area contributed by atoms with Gasteiger partial charge in [0.1, 0.15) is 0 Å². The standard InChI is InChI=1S/C16H29N3O.HI/c1-16(2)13(12-5-4-10-20-14(12)16)19-15(17-3)18-9-8-11-6-7-11;/h11-14H,4-10H2,1-3H3,(H2,17,18,19);1H. The molecule has 0 aromatic carbocycles. The Kier molecular flexibility index (Phi) is 5.79. The van der Waals surface area contributed by atoms with Gasteiger partial charge in [-0.1, -0.05) is 26.7 Å². The number of hydrogen-bond donors (Lipinski definition) is 2. The Morgan fingerprint density at radius 2 is 2.05 bits per heavy atom. The average molecular weight is 407 g/mol. The fraction of sp³-hybridized carbons (Fsp3) is 0.938. The highest BCUT2D eigenvalue weighted by atomic mass is 127. The Labute approximate surface area is 145 Å². The summed E-state index contributed by atoms with van der Waals surface area (Å²) in [5.41, 5.74) is 0.208. The number of guanidine groups is 1. The molecule has 2 saturated carbocycles. The Balaban J connectivity index is 0.00000161. The van der Waals surface area contributed by atoms with Crippen molar-refractivity contribution in [3.05, 3.63) is 0 Å². The van der Waals surface area contributed by atoms with Crippen LogP contribution in [0.2, 0.25) is 0 Å². The van der Waals surface area contributed by atoms with Crippen molar-refractivity contribution in [2.45, 2.75) is 58.1 Å². The van der Waals surface area contributed by atoms with Crippen LogP contribution in [-0.2, 0) is 4.74 Å². The number of halogens is 1. The fourth-order valence-electron chi connectivity index (χ4n) is 3.96. The quantitative estimate of drug-likeness (QED) is 0.428. The molecule has 3 fully saturated rings. The first-order valence-corrected chi connectivity index (χ1v) is 8.21.